The van der Waals surface area contributed by atoms with Crippen molar-refractivity contribution in [2.24, 2.45) is 0 Å². The van der Waals surface area contributed by atoms with Gasteiger partial charge in [0.25, 0.3) is 0 Å². The van der Waals surface area contributed by atoms with Gasteiger partial charge in [0.15, 0.2) is 0 Å². The Kier molecular flexibility index (Phi) is 5.27. The zero-order chi connectivity index (χ0) is 10.2. The molecule has 0 aromatic heterocycles. The molecule has 1 aromatic rings. The molecule has 0 saturated heterocycles. The van der Waals surface area contributed by atoms with Crippen molar-refractivity contribution in [1.29, 1.82) is 0 Å². The van der Waals surface area contributed by atoms with Gasteiger partial charge in [-0.2, -0.15) is 0 Å². The number of aliphatic hydroxyl groups excluding tert-OH is 1. The van der Waals surface area contributed by atoms with Crippen molar-refractivity contribution in [1.82, 2.24) is 5.32 Å². The Bertz CT molecular complexity index is 260. The largest absolute Gasteiger partial charge is 0.396 e. The van der Waals surface area contributed by atoms with Gasteiger partial charge in [0.2, 0.25) is 0 Å². The standard InChI is InChI=1S/C12H19NO/c1-2-8-13-10-12-6-4-3-5-11(12)7-9-14/h3-6,13-14H,2,7-10H2,1H3. The fourth-order valence-electron chi connectivity index (χ4n) is 1.49. The fourth-order valence-corrected chi connectivity index (χ4v) is 1.49. The first-order chi connectivity index (χ1) is 6.88. The summed E-state index contributed by atoms with van der Waals surface area (Å²) >= 11 is 0. The molecule has 0 aliphatic carbocycles. The van der Waals surface area contributed by atoms with E-state index in [0.717, 1.165) is 25.9 Å². The number of rotatable bonds is 6. The highest BCUT2D eigenvalue weighted by Gasteiger charge is 1.99. The van der Waals surface area contributed by atoms with E-state index in [9.17, 15) is 0 Å². The highest BCUT2D eigenvalue weighted by atomic mass is 16.2. The van der Waals surface area contributed by atoms with Crippen LogP contribution >= 0.6 is 0 Å². The Morgan fingerprint density at radius 3 is 2.57 bits per heavy atom. The number of aliphatic hydroxyl groups is 1. The first-order valence-electron chi connectivity index (χ1n) is 5.26. The summed E-state index contributed by atoms with van der Waals surface area (Å²) in [7, 11) is 0. The maximum absolute atomic E-state index is 8.90. The summed E-state index contributed by atoms with van der Waals surface area (Å²) in [6.07, 6.45) is 1.91. The number of benzene rings is 1. The summed E-state index contributed by atoms with van der Waals surface area (Å²) in [5.41, 5.74) is 2.55. The lowest BCUT2D eigenvalue weighted by Crippen LogP contribution is -2.15. The molecule has 78 valence electrons. The Morgan fingerprint density at radius 2 is 1.93 bits per heavy atom. The van der Waals surface area contributed by atoms with Gasteiger partial charge in [-0.1, -0.05) is 31.2 Å². The van der Waals surface area contributed by atoms with E-state index in [1.165, 1.54) is 11.1 Å². The van der Waals surface area contributed by atoms with Gasteiger partial charge in [0.05, 0.1) is 0 Å². The molecule has 0 spiro atoms. The molecule has 0 atom stereocenters. The van der Waals surface area contributed by atoms with Crippen LogP contribution in [0.25, 0.3) is 0 Å². The molecule has 2 N–H and O–H groups in total. The topological polar surface area (TPSA) is 32.3 Å². The lowest BCUT2D eigenvalue weighted by molar-refractivity contribution is 0.299. The van der Waals surface area contributed by atoms with Crippen molar-refractivity contribution in [3.05, 3.63) is 35.4 Å². The number of hydrogen-bond acceptors (Lipinski definition) is 2. The molecule has 0 amide bonds. The molecular weight excluding hydrogens is 174 g/mol. The van der Waals surface area contributed by atoms with Gasteiger partial charge in [-0.15, -0.1) is 0 Å². The second kappa shape index (κ2) is 6.57. The minimum absolute atomic E-state index is 0.227. The van der Waals surface area contributed by atoms with E-state index >= 15 is 0 Å². The van der Waals surface area contributed by atoms with Crippen LogP contribution in [0.15, 0.2) is 24.3 Å². The molecule has 0 heterocycles. The average Bonchev–Trinajstić information content (AvgIpc) is 2.21. The van der Waals surface area contributed by atoms with Gasteiger partial charge in [-0.3, -0.25) is 0 Å². The number of nitrogens with one attached hydrogen (secondary N) is 1. The second-order valence-corrected chi connectivity index (χ2v) is 3.42. The predicted octanol–water partition coefficient (Wildman–Crippen LogP) is 1.72. The summed E-state index contributed by atoms with van der Waals surface area (Å²) in [5.74, 6) is 0. The first kappa shape index (κ1) is 11.2. The van der Waals surface area contributed by atoms with Crippen molar-refractivity contribution in [3.63, 3.8) is 0 Å². The molecule has 0 unspecified atom stereocenters. The van der Waals surface area contributed by atoms with Gasteiger partial charge >= 0.3 is 0 Å². The minimum Gasteiger partial charge on any atom is -0.396 e. The lowest BCUT2D eigenvalue weighted by Gasteiger charge is -2.08. The third-order valence-electron chi connectivity index (χ3n) is 2.24. The first-order valence-corrected chi connectivity index (χ1v) is 5.26. The molecule has 0 bridgehead atoms. The maximum Gasteiger partial charge on any atom is 0.0471 e. The summed E-state index contributed by atoms with van der Waals surface area (Å²) in [4.78, 5) is 0. The summed E-state index contributed by atoms with van der Waals surface area (Å²) in [5, 5.41) is 12.3. The summed E-state index contributed by atoms with van der Waals surface area (Å²) < 4.78 is 0. The van der Waals surface area contributed by atoms with Crippen LogP contribution in [0.4, 0.5) is 0 Å². The molecule has 0 aliphatic rings. The van der Waals surface area contributed by atoms with Crippen LogP contribution in [0, 0.1) is 0 Å². The van der Waals surface area contributed by atoms with E-state index in [-0.39, 0.29) is 6.61 Å². The van der Waals surface area contributed by atoms with Crippen LogP contribution in [0.2, 0.25) is 0 Å². The zero-order valence-electron chi connectivity index (χ0n) is 8.79. The minimum atomic E-state index is 0.227. The molecule has 0 aliphatic heterocycles. The molecule has 2 nitrogen and oxygen atoms in total. The third-order valence-corrected chi connectivity index (χ3v) is 2.24. The van der Waals surface area contributed by atoms with Crippen LogP contribution in [-0.2, 0) is 13.0 Å². The normalized spacial score (nSPS) is 10.4. The van der Waals surface area contributed by atoms with E-state index in [1.54, 1.807) is 0 Å². The molecule has 0 fully saturated rings. The van der Waals surface area contributed by atoms with Crippen LogP contribution < -0.4 is 5.32 Å². The SMILES string of the molecule is CCCNCc1ccccc1CCO. The zero-order valence-corrected chi connectivity index (χ0v) is 8.79. The molecule has 1 rings (SSSR count). The van der Waals surface area contributed by atoms with Crippen molar-refractivity contribution >= 4 is 0 Å². The lowest BCUT2D eigenvalue weighted by atomic mass is 10.1. The predicted molar refractivity (Wildman–Crippen MR) is 59.2 cm³/mol. The Hall–Kier alpha value is -0.860. The van der Waals surface area contributed by atoms with Crippen molar-refractivity contribution in [2.45, 2.75) is 26.3 Å². The van der Waals surface area contributed by atoms with Crippen LogP contribution in [0.3, 0.4) is 0 Å². The second-order valence-electron chi connectivity index (χ2n) is 3.42. The van der Waals surface area contributed by atoms with Crippen molar-refractivity contribution < 1.29 is 5.11 Å². The molecule has 14 heavy (non-hydrogen) atoms. The Balaban J connectivity index is 2.55. The van der Waals surface area contributed by atoms with Gasteiger partial charge in [-0.05, 0) is 30.5 Å². The van der Waals surface area contributed by atoms with E-state index < -0.39 is 0 Å². The van der Waals surface area contributed by atoms with Gasteiger partial charge in [0, 0.05) is 13.2 Å². The van der Waals surface area contributed by atoms with Gasteiger partial charge < -0.3 is 10.4 Å². The quantitative estimate of drug-likeness (QED) is 0.674. The van der Waals surface area contributed by atoms with E-state index in [4.69, 9.17) is 5.11 Å². The highest BCUT2D eigenvalue weighted by Crippen LogP contribution is 2.08. The summed E-state index contributed by atoms with van der Waals surface area (Å²) in [6, 6.07) is 8.27. The molecular formula is C12H19NO. The monoisotopic (exact) mass is 193 g/mol. The fraction of sp³-hybridized carbons (Fsp3) is 0.500. The smallest absolute Gasteiger partial charge is 0.0471 e. The van der Waals surface area contributed by atoms with Crippen LogP contribution in [-0.4, -0.2) is 18.3 Å². The average molecular weight is 193 g/mol. The maximum atomic E-state index is 8.90. The van der Waals surface area contributed by atoms with E-state index in [1.807, 2.05) is 12.1 Å². The van der Waals surface area contributed by atoms with Gasteiger partial charge in [-0.25, -0.2) is 0 Å². The van der Waals surface area contributed by atoms with Crippen molar-refractivity contribution in [3.8, 4) is 0 Å². The molecule has 0 radical (unpaired) electrons. The van der Waals surface area contributed by atoms with E-state index in [2.05, 4.69) is 24.4 Å². The molecule has 0 saturated carbocycles. The molecule has 2 heteroatoms. The van der Waals surface area contributed by atoms with Crippen molar-refractivity contribution in [2.75, 3.05) is 13.2 Å². The Morgan fingerprint density at radius 1 is 1.21 bits per heavy atom. The number of hydrogen-bond donors (Lipinski definition) is 2. The summed E-state index contributed by atoms with van der Waals surface area (Å²) in [6.45, 7) is 4.34. The van der Waals surface area contributed by atoms with Crippen LogP contribution in [0.1, 0.15) is 24.5 Å². The Labute approximate surface area is 86.0 Å². The third kappa shape index (κ3) is 3.48. The van der Waals surface area contributed by atoms with Crippen LogP contribution in [0.5, 0.6) is 0 Å². The molecule has 1 aromatic carbocycles. The highest BCUT2D eigenvalue weighted by molar-refractivity contribution is 5.27. The van der Waals surface area contributed by atoms with Gasteiger partial charge in [0.1, 0.15) is 0 Å². The van der Waals surface area contributed by atoms with E-state index in [0.29, 0.717) is 0 Å².